The first-order valence-corrected chi connectivity index (χ1v) is 10.1. The molecule has 1 fully saturated rings. The molecule has 0 radical (unpaired) electrons. The number of hydrogen-bond acceptors (Lipinski definition) is 5. The molecular weight excluding hydrogens is 342 g/mol. The van der Waals surface area contributed by atoms with Crippen LogP contribution in [0.4, 0.5) is 0 Å². The molecule has 7 nitrogen and oxygen atoms in total. The number of aliphatic imine (C=N–C) groups is 1. The van der Waals surface area contributed by atoms with E-state index in [0.717, 1.165) is 42.5 Å². The summed E-state index contributed by atoms with van der Waals surface area (Å²) in [5.41, 5.74) is 1.12. The topological polar surface area (TPSA) is 61.4 Å². The number of ether oxygens (including phenoxy) is 2. The fourth-order valence-corrected chi connectivity index (χ4v) is 3.29. The van der Waals surface area contributed by atoms with Gasteiger partial charge in [-0.25, -0.2) is 4.99 Å². The molecule has 0 aliphatic carbocycles. The molecule has 0 amide bonds. The monoisotopic (exact) mass is 375 g/mol. The van der Waals surface area contributed by atoms with E-state index in [1.54, 1.807) is 0 Å². The minimum atomic E-state index is 0.306. The highest BCUT2D eigenvalue weighted by Crippen LogP contribution is 2.32. The Bertz CT molecular complexity index is 614. The molecule has 2 heterocycles. The lowest BCUT2D eigenvalue weighted by Crippen LogP contribution is -2.44. The van der Waals surface area contributed by atoms with Crippen molar-refractivity contribution in [2.45, 2.75) is 26.3 Å². The predicted molar refractivity (Wildman–Crippen MR) is 109 cm³/mol. The molecule has 150 valence electrons. The highest BCUT2D eigenvalue weighted by atomic mass is 16.7. The van der Waals surface area contributed by atoms with Gasteiger partial charge in [0.25, 0.3) is 0 Å². The molecule has 7 heteroatoms. The molecule has 3 rings (SSSR count). The van der Waals surface area contributed by atoms with Gasteiger partial charge in [0.2, 0.25) is 6.79 Å². The summed E-state index contributed by atoms with van der Waals surface area (Å²) in [6, 6.07) is 5.99. The van der Waals surface area contributed by atoms with Gasteiger partial charge in [-0.15, -0.1) is 0 Å². The Morgan fingerprint density at radius 2 is 1.89 bits per heavy atom. The van der Waals surface area contributed by atoms with Crippen LogP contribution in [0.1, 0.15) is 25.3 Å². The summed E-state index contributed by atoms with van der Waals surface area (Å²) in [7, 11) is 2.20. The number of nitrogens with zero attached hydrogens (tertiary/aromatic N) is 3. The first kappa shape index (κ1) is 19.8. The fourth-order valence-electron chi connectivity index (χ4n) is 3.29. The van der Waals surface area contributed by atoms with E-state index in [0.29, 0.717) is 13.3 Å². The molecule has 1 aromatic carbocycles. The van der Waals surface area contributed by atoms with Crippen molar-refractivity contribution in [2.24, 2.45) is 4.99 Å². The van der Waals surface area contributed by atoms with Crippen molar-refractivity contribution in [2.75, 3.05) is 59.7 Å². The predicted octanol–water partition coefficient (Wildman–Crippen LogP) is 1.50. The van der Waals surface area contributed by atoms with Gasteiger partial charge in [-0.1, -0.05) is 6.07 Å². The number of fused-ring (bicyclic) bond motifs is 1. The number of benzene rings is 1. The highest BCUT2D eigenvalue weighted by molar-refractivity contribution is 5.79. The van der Waals surface area contributed by atoms with Crippen LogP contribution in [0.15, 0.2) is 23.2 Å². The lowest BCUT2D eigenvalue weighted by atomic mass is 10.2. The molecule has 27 heavy (non-hydrogen) atoms. The Balaban J connectivity index is 1.37. The zero-order chi connectivity index (χ0) is 18.9. The van der Waals surface area contributed by atoms with E-state index < -0.39 is 0 Å². The molecular formula is C20H33N5O2. The summed E-state index contributed by atoms with van der Waals surface area (Å²) in [5, 5.41) is 6.76. The average molecular weight is 376 g/mol. The standard InChI is InChI=1S/C20H33N5O2/c1-3-21-20(22-8-4-5-9-25-12-10-24(2)11-13-25)23-15-17-6-7-18-19(14-17)27-16-26-18/h6-7,14H,3-5,8-13,15-16H2,1-2H3,(H2,21,22,23). The molecule has 0 unspecified atom stereocenters. The van der Waals surface area contributed by atoms with Gasteiger partial charge in [-0.3, -0.25) is 0 Å². The molecule has 2 aliphatic heterocycles. The van der Waals surface area contributed by atoms with E-state index in [9.17, 15) is 0 Å². The van der Waals surface area contributed by atoms with E-state index in [2.05, 4.69) is 39.4 Å². The van der Waals surface area contributed by atoms with Crippen molar-refractivity contribution in [1.29, 1.82) is 0 Å². The lowest BCUT2D eigenvalue weighted by molar-refractivity contribution is 0.152. The van der Waals surface area contributed by atoms with Crippen molar-refractivity contribution >= 4 is 5.96 Å². The van der Waals surface area contributed by atoms with Gasteiger partial charge >= 0.3 is 0 Å². The molecule has 0 bridgehead atoms. The van der Waals surface area contributed by atoms with Crippen molar-refractivity contribution in [3.05, 3.63) is 23.8 Å². The number of unbranched alkanes of at least 4 members (excludes halogenated alkanes) is 1. The third-order valence-corrected chi connectivity index (χ3v) is 4.99. The number of guanidine groups is 1. The van der Waals surface area contributed by atoms with E-state index >= 15 is 0 Å². The summed E-state index contributed by atoms with van der Waals surface area (Å²) in [6.45, 7) is 10.8. The Kier molecular flexibility index (Phi) is 7.59. The third kappa shape index (κ3) is 6.29. The van der Waals surface area contributed by atoms with Gasteiger partial charge in [0, 0.05) is 39.3 Å². The van der Waals surface area contributed by atoms with Gasteiger partial charge in [0.1, 0.15) is 0 Å². The smallest absolute Gasteiger partial charge is 0.231 e. The number of likely N-dealkylation sites (N-methyl/N-ethyl adjacent to an activating group) is 1. The molecule has 0 saturated carbocycles. The second kappa shape index (κ2) is 10.4. The van der Waals surface area contributed by atoms with Gasteiger partial charge in [0.15, 0.2) is 17.5 Å². The molecule has 1 aromatic rings. The normalized spacial score (nSPS) is 17.9. The molecule has 0 aromatic heterocycles. The van der Waals surface area contributed by atoms with Gasteiger partial charge in [-0.05, 0) is 51.1 Å². The maximum atomic E-state index is 5.43. The van der Waals surface area contributed by atoms with Crippen LogP contribution in [0.25, 0.3) is 0 Å². The third-order valence-electron chi connectivity index (χ3n) is 4.99. The maximum Gasteiger partial charge on any atom is 0.231 e. The molecule has 0 spiro atoms. The quantitative estimate of drug-likeness (QED) is 0.408. The summed E-state index contributed by atoms with van der Waals surface area (Å²) in [5.74, 6) is 2.49. The number of piperazine rings is 1. The fraction of sp³-hybridized carbons (Fsp3) is 0.650. The van der Waals surface area contributed by atoms with E-state index in [-0.39, 0.29) is 0 Å². The van der Waals surface area contributed by atoms with Crippen LogP contribution in [0, 0.1) is 0 Å². The van der Waals surface area contributed by atoms with Crippen LogP contribution in [-0.4, -0.2) is 75.4 Å². The summed E-state index contributed by atoms with van der Waals surface area (Å²) < 4.78 is 10.8. The number of nitrogens with one attached hydrogen (secondary N) is 2. The lowest BCUT2D eigenvalue weighted by Gasteiger charge is -2.32. The summed E-state index contributed by atoms with van der Waals surface area (Å²) in [4.78, 5) is 9.66. The van der Waals surface area contributed by atoms with Crippen LogP contribution < -0.4 is 20.1 Å². The van der Waals surface area contributed by atoms with Crippen LogP contribution in [0.5, 0.6) is 11.5 Å². The van der Waals surface area contributed by atoms with Crippen molar-refractivity contribution in [1.82, 2.24) is 20.4 Å². The minimum absolute atomic E-state index is 0.306. The van der Waals surface area contributed by atoms with Crippen LogP contribution in [0.2, 0.25) is 0 Å². The van der Waals surface area contributed by atoms with Crippen molar-refractivity contribution in [3.63, 3.8) is 0 Å². The second-order valence-corrected chi connectivity index (χ2v) is 7.16. The molecule has 2 aliphatic rings. The van der Waals surface area contributed by atoms with Gasteiger partial charge < -0.3 is 29.9 Å². The van der Waals surface area contributed by atoms with Crippen molar-refractivity contribution < 1.29 is 9.47 Å². The zero-order valence-electron chi connectivity index (χ0n) is 16.7. The SMILES string of the molecule is CCNC(=NCc1ccc2c(c1)OCO2)NCCCCN1CCN(C)CC1. The van der Waals surface area contributed by atoms with Crippen LogP contribution >= 0.6 is 0 Å². The van der Waals surface area contributed by atoms with Crippen LogP contribution in [0.3, 0.4) is 0 Å². The molecule has 0 atom stereocenters. The maximum absolute atomic E-state index is 5.43. The van der Waals surface area contributed by atoms with Gasteiger partial charge in [0.05, 0.1) is 6.54 Å². The second-order valence-electron chi connectivity index (χ2n) is 7.16. The van der Waals surface area contributed by atoms with E-state index in [1.165, 1.54) is 39.1 Å². The first-order valence-electron chi connectivity index (χ1n) is 10.1. The molecule has 2 N–H and O–H groups in total. The molecule has 1 saturated heterocycles. The minimum Gasteiger partial charge on any atom is -0.454 e. The Labute approximate surface area is 162 Å². The number of hydrogen-bond donors (Lipinski definition) is 2. The van der Waals surface area contributed by atoms with Gasteiger partial charge in [-0.2, -0.15) is 0 Å². The highest BCUT2D eigenvalue weighted by Gasteiger charge is 2.13. The Morgan fingerprint density at radius 1 is 1.07 bits per heavy atom. The first-order chi connectivity index (χ1) is 13.2. The number of rotatable bonds is 8. The Hall–Kier alpha value is -1.99. The van der Waals surface area contributed by atoms with Crippen LogP contribution in [-0.2, 0) is 6.54 Å². The summed E-state index contributed by atoms with van der Waals surface area (Å²) in [6.07, 6.45) is 2.37. The van der Waals surface area contributed by atoms with Crippen molar-refractivity contribution in [3.8, 4) is 11.5 Å². The summed E-state index contributed by atoms with van der Waals surface area (Å²) >= 11 is 0. The van der Waals surface area contributed by atoms with E-state index in [1.807, 2.05) is 18.2 Å². The largest absolute Gasteiger partial charge is 0.454 e. The Morgan fingerprint density at radius 3 is 2.70 bits per heavy atom. The average Bonchev–Trinajstić information content (AvgIpc) is 3.15. The van der Waals surface area contributed by atoms with E-state index in [4.69, 9.17) is 9.47 Å². The zero-order valence-corrected chi connectivity index (χ0v) is 16.7.